The highest BCUT2D eigenvalue weighted by Crippen LogP contribution is 2.63. The van der Waals surface area contributed by atoms with Gasteiger partial charge < -0.3 is 34.3 Å². The highest BCUT2D eigenvalue weighted by Gasteiger charge is 2.72. The maximum atomic E-state index is 14.4. The zero-order valence-corrected chi connectivity index (χ0v) is 28.4. The Bertz CT molecular complexity index is 1990. The van der Waals surface area contributed by atoms with Crippen molar-refractivity contribution in [3.05, 3.63) is 93.9 Å². The lowest BCUT2D eigenvalue weighted by molar-refractivity contribution is 0.0207. The maximum absolute atomic E-state index is 14.4. The number of rotatable bonds is 4. The minimum Gasteiger partial charge on any atom is -0.507 e. The van der Waals surface area contributed by atoms with Crippen LogP contribution in [-0.4, -0.2) is 46.2 Å². The van der Waals surface area contributed by atoms with Gasteiger partial charge in [-0.15, -0.1) is 0 Å². The average molecular weight is 669 g/mol. The predicted octanol–water partition coefficient (Wildman–Crippen LogP) is 6.86. The normalized spacial score (nSPS) is 21.2. The summed E-state index contributed by atoms with van der Waals surface area (Å²) in [4.78, 5) is 41.4. The molecule has 256 valence electrons. The number of phenols is 1. The number of aromatic nitrogens is 1. The van der Waals surface area contributed by atoms with Crippen LogP contribution >= 0.6 is 0 Å². The standard InChI is InChI=1S/C35H29NO9.C2H6.CH5N/c1-34(2,3)44-33(40)42-29-21-12-8-7-11-20(21)27(37)22-14-18-13-19-15-23-26(32(36-45-23)41-16-17-9-5-4-6-10-17)30(39)35(19)31(43-35)24(18)28(38)25(22)29;2*1-2/h4-12,18-19,37H,13-16H2,1-3H3;1-2H3;2H2,1H3/t18?,19-,35+;;/m0../s1. The van der Waals surface area contributed by atoms with E-state index in [1.807, 2.05) is 44.2 Å². The molecule has 0 saturated carbocycles. The van der Waals surface area contributed by atoms with Crippen molar-refractivity contribution in [2.24, 2.45) is 17.6 Å². The molecule has 1 saturated heterocycles. The largest absolute Gasteiger partial charge is 0.514 e. The fourth-order valence-electron chi connectivity index (χ4n) is 7.13. The Morgan fingerprint density at radius 2 is 1.67 bits per heavy atom. The molecule has 3 aliphatic carbocycles. The highest BCUT2D eigenvalue weighted by molar-refractivity contribution is 6.20. The molecule has 0 radical (unpaired) electrons. The minimum atomic E-state index is -1.31. The van der Waals surface area contributed by atoms with Crippen molar-refractivity contribution in [2.45, 2.75) is 71.7 Å². The van der Waals surface area contributed by atoms with Crippen LogP contribution in [0, 0.1) is 11.8 Å². The summed E-state index contributed by atoms with van der Waals surface area (Å²) >= 11 is 0. The van der Waals surface area contributed by atoms with E-state index >= 15 is 0 Å². The van der Waals surface area contributed by atoms with Gasteiger partial charge in [0.15, 0.2) is 23.1 Å². The Morgan fingerprint density at radius 3 is 2.37 bits per heavy atom. The van der Waals surface area contributed by atoms with Crippen molar-refractivity contribution in [3.8, 4) is 17.4 Å². The summed E-state index contributed by atoms with van der Waals surface area (Å²) in [5.74, 6) is -0.589. The minimum absolute atomic E-state index is 0.00825. The van der Waals surface area contributed by atoms with Gasteiger partial charge in [-0.25, -0.2) is 4.79 Å². The van der Waals surface area contributed by atoms with Crippen LogP contribution in [0.5, 0.6) is 17.4 Å². The summed E-state index contributed by atoms with van der Waals surface area (Å²) in [6.07, 6.45) is 0.153. The molecule has 1 aromatic heterocycles. The molecule has 1 spiro atoms. The molecular weight excluding hydrogens is 628 g/mol. The quantitative estimate of drug-likeness (QED) is 0.133. The second-order valence-electron chi connectivity index (χ2n) is 13.0. The Labute approximate surface area is 283 Å². The summed E-state index contributed by atoms with van der Waals surface area (Å²) in [7, 11) is 1.50. The lowest BCUT2D eigenvalue weighted by Gasteiger charge is -2.35. The first-order valence-electron chi connectivity index (χ1n) is 16.5. The molecule has 3 atom stereocenters. The molecule has 11 heteroatoms. The lowest BCUT2D eigenvalue weighted by atomic mass is 9.63. The van der Waals surface area contributed by atoms with E-state index in [2.05, 4.69) is 10.9 Å². The van der Waals surface area contributed by atoms with Crippen LogP contribution in [0.25, 0.3) is 10.8 Å². The lowest BCUT2D eigenvalue weighted by Crippen LogP contribution is -2.44. The molecule has 1 aliphatic heterocycles. The molecule has 4 aromatic rings. The van der Waals surface area contributed by atoms with E-state index in [0.29, 0.717) is 52.7 Å². The maximum Gasteiger partial charge on any atom is 0.514 e. The van der Waals surface area contributed by atoms with Crippen molar-refractivity contribution in [2.75, 3.05) is 7.05 Å². The molecule has 8 rings (SSSR count). The second-order valence-corrected chi connectivity index (χ2v) is 13.0. The predicted molar refractivity (Wildman–Crippen MR) is 180 cm³/mol. The Kier molecular flexibility index (Phi) is 8.74. The molecule has 11 nitrogen and oxygen atoms in total. The number of carbonyl (C=O) groups excluding carboxylic acids is 3. The van der Waals surface area contributed by atoms with Gasteiger partial charge in [-0.1, -0.05) is 68.4 Å². The monoisotopic (exact) mass is 668 g/mol. The van der Waals surface area contributed by atoms with Crippen molar-refractivity contribution in [3.63, 3.8) is 0 Å². The number of allylic oxidation sites excluding steroid dienone is 1. The summed E-state index contributed by atoms with van der Waals surface area (Å²) in [5, 5.41) is 16.3. The van der Waals surface area contributed by atoms with Crippen molar-refractivity contribution >= 4 is 28.5 Å². The zero-order chi connectivity index (χ0) is 35.2. The second kappa shape index (κ2) is 12.7. The van der Waals surface area contributed by atoms with Gasteiger partial charge in [0.2, 0.25) is 11.4 Å². The first-order valence-corrected chi connectivity index (χ1v) is 16.5. The van der Waals surface area contributed by atoms with Gasteiger partial charge in [0.05, 0.1) is 5.56 Å². The van der Waals surface area contributed by atoms with Crippen LogP contribution in [0.2, 0.25) is 0 Å². The topological polar surface area (TPSA) is 164 Å². The molecule has 0 bridgehead atoms. The molecule has 3 N–H and O–H groups in total. The number of ketones is 2. The van der Waals surface area contributed by atoms with Gasteiger partial charge >= 0.3 is 6.16 Å². The molecule has 1 unspecified atom stereocenters. The van der Waals surface area contributed by atoms with Gasteiger partial charge in [0, 0.05) is 34.2 Å². The molecule has 0 amide bonds. The number of phenolic OH excluding ortho intramolecular Hbond substituents is 1. The van der Waals surface area contributed by atoms with Crippen molar-refractivity contribution in [1.82, 2.24) is 5.16 Å². The summed E-state index contributed by atoms with van der Waals surface area (Å²) < 4.78 is 28.8. The third-order valence-corrected chi connectivity index (χ3v) is 9.04. The first-order chi connectivity index (χ1) is 23.6. The van der Waals surface area contributed by atoms with Crippen LogP contribution in [0.3, 0.4) is 0 Å². The number of fused-ring (bicyclic) bond motifs is 4. The summed E-state index contributed by atoms with van der Waals surface area (Å²) in [6, 6.07) is 16.4. The Balaban J connectivity index is 0.00000101. The van der Waals surface area contributed by atoms with Crippen LogP contribution in [-0.2, 0) is 28.9 Å². The molecule has 4 aliphatic rings. The van der Waals surface area contributed by atoms with Crippen molar-refractivity contribution < 1.29 is 43.0 Å². The molecular formula is C38H40N2O9. The number of nitrogens with zero attached hydrogens (tertiary/aromatic N) is 1. The van der Waals surface area contributed by atoms with Gasteiger partial charge in [-0.2, -0.15) is 0 Å². The van der Waals surface area contributed by atoms with Gasteiger partial charge in [0.1, 0.15) is 23.5 Å². The van der Waals surface area contributed by atoms with E-state index in [1.54, 1.807) is 45.0 Å². The number of nitrogens with two attached hydrogens (primary N) is 1. The SMILES string of the molecule is CC.CC(C)(C)OC(=O)Oc1c2c(c(O)c3ccccc13)CC1C[C@H]3Cc4onc(OCc5ccccc5)c4C(=O)[C@]34OC4=C1C2=O.CN. The van der Waals surface area contributed by atoms with E-state index in [9.17, 15) is 19.5 Å². The molecule has 2 heterocycles. The molecule has 1 fully saturated rings. The fraction of sp³-hybridized carbons (Fsp3) is 0.368. The summed E-state index contributed by atoms with van der Waals surface area (Å²) in [5.41, 5.74) is 4.32. The number of epoxide rings is 1. The Morgan fingerprint density at radius 1 is 1.00 bits per heavy atom. The third-order valence-electron chi connectivity index (χ3n) is 9.04. The third kappa shape index (κ3) is 5.51. The van der Waals surface area contributed by atoms with Crippen molar-refractivity contribution in [1.29, 1.82) is 0 Å². The Hall–Kier alpha value is -5.16. The number of ether oxygens (including phenoxy) is 4. The smallest absolute Gasteiger partial charge is 0.507 e. The number of aromatic hydroxyl groups is 1. The highest BCUT2D eigenvalue weighted by atomic mass is 16.7. The molecule has 49 heavy (non-hydrogen) atoms. The van der Waals surface area contributed by atoms with Crippen LogP contribution < -0.4 is 15.2 Å². The van der Waals surface area contributed by atoms with E-state index in [0.717, 1.165) is 5.56 Å². The van der Waals surface area contributed by atoms with Crippen LogP contribution in [0.4, 0.5) is 4.79 Å². The fourth-order valence-corrected chi connectivity index (χ4v) is 7.13. The van der Waals surface area contributed by atoms with Gasteiger partial charge in [-0.05, 0) is 57.3 Å². The number of hydrogen-bond acceptors (Lipinski definition) is 11. The van der Waals surface area contributed by atoms with E-state index in [4.69, 9.17) is 23.5 Å². The van der Waals surface area contributed by atoms with E-state index < -0.39 is 23.1 Å². The van der Waals surface area contributed by atoms with E-state index in [1.165, 1.54) is 7.05 Å². The summed E-state index contributed by atoms with van der Waals surface area (Å²) in [6.45, 7) is 9.34. The van der Waals surface area contributed by atoms with E-state index in [-0.39, 0.29) is 52.7 Å². The van der Waals surface area contributed by atoms with Gasteiger partial charge in [0.25, 0.3) is 5.88 Å². The number of benzene rings is 3. The first kappa shape index (κ1) is 33.7. The van der Waals surface area contributed by atoms with Crippen LogP contribution in [0.1, 0.15) is 78.6 Å². The number of carbonyl (C=O) groups is 3. The molecule has 3 aromatic carbocycles. The zero-order valence-electron chi connectivity index (χ0n) is 28.4. The van der Waals surface area contributed by atoms with Gasteiger partial charge in [-0.3, -0.25) is 9.59 Å². The number of Topliss-reactive ketones (excluding diaryl/α,β-unsaturated/α-hetero) is 2. The number of hydrogen-bond donors (Lipinski definition) is 2. The van der Waals surface area contributed by atoms with Crippen LogP contribution in [0.15, 0.2) is 70.5 Å². The average Bonchev–Trinajstić information content (AvgIpc) is 3.72.